The lowest BCUT2D eigenvalue weighted by molar-refractivity contribution is 0.0954. The second kappa shape index (κ2) is 7.12. The third kappa shape index (κ3) is 3.32. The molecule has 5 nitrogen and oxygen atoms in total. The molecule has 0 aliphatic carbocycles. The number of carbonyl (C=O) groups excluding carboxylic acids is 1. The molecule has 4 rings (SSSR count). The van der Waals surface area contributed by atoms with Gasteiger partial charge in [-0.05, 0) is 71.6 Å². The molecule has 0 saturated heterocycles. The van der Waals surface area contributed by atoms with E-state index in [9.17, 15) is 4.79 Å². The van der Waals surface area contributed by atoms with Gasteiger partial charge in [0.2, 0.25) is 0 Å². The van der Waals surface area contributed by atoms with Gasteiger partial charge in [-0.2, -0.15) is 0 Å². The summed E-state index contributed by atoms with van der Waals surface area (Å²) in [7, 11) is 0. The molecule has 27 heavy (non-hydrogen) atoms. The maximum Gasteiger partial charge on any atom is 0.251 e. The number of benzene rings is 2. The second-order valence-corrected chi connectivity index (χ2v) is 7.46. The number of amides is 1. The zero-order chi connectivity index (χ0) is 19.0. The van der Waals surface area contributed by atoms with Gasteiger partial charge >= 0.3 is 0 Å². The minimum Gasteiger partial charge on any atom is -0.357 e. The predicted molar refractivity (Wildman–Crippen MR) is 111 cm³/mol. The summed E-state index contributed by atoms with van der Waals surface area (Å²) in [5, 5.41) is 4.25. The molecular weight excluding hydrogens is 404 g/mol. The summed E-state index contributed by atoms with van der Waals surface area (Å²) in [6.45, 7) is 4.75. The van der Waals surface area contributed by atoms with Crippen LogP contribution in [0, 0.1) is 13.8 Å². The van der Waals surface area contributed by atoms with Gasteiger partial charge in [0.1, 0.15) is 0 Å². The fraction of sp³-hybridized carbons (Fsp3) is 0.190. The number of halogens is 1. The van der Waals surface area contributed by atoms with Crippen LogP contribution in [0.1, 0.15) is 27.2 Å². The molecule has 136 valence electrons. The first-order valence-corrected chi connectivity index (χ1v) is 9.59. The highest BCUT2D eigenvalue weighted by molar-refractivity contribution is 9.10. The fourth-order valence-electron chi connectivity index (χ4n) is 3.46. The predicted octanol–water partition coefficient (Wildman–Crippen LogP) is 4.46. The highest BCUT2D eigenvalue weighted by Gasteiger charge is 2.13. The smallest absolute Gasteiger partial charge is 0.251 e. The van der Waals surface area contributed by atoms with Crippen LogP contribution in [0.5, 0.6) is 0 Å². The number of aromatic nitrogens is 3. The van der Waals surface area contributed by atoms with Gasteiger partial charge in [0.25, 0.3) is 5.91 Å². The molecule has 2 aromatic carbocycles. The van der Waals surface area contributed by atoms with E-state index in [1.807, 2.05) is 6.07 Å². The van der Waals surface area contributed by atoms with E-state index in [1.54, 1.807) is 24.5 Å². The van der Waals surface area contributed by atoms with Crippen LogP contribution in [0.2, 0.25) is 0 Å². The third-order valence-electron chi connectivity index (χ3n) is 4.82. The number of hydrogen-bond donors (Lipinski definition) is 2. The van der Waals surface area contributed by atoms with Crippen molar-refractivity contribution in [1.29, 1.82) is 0 Å². The molecule has 0 fully saturated rings. The number of hydrogen-bond acceptors (Lipinski definition) is 3. The first kappa shape index (κ1) is 17.7. The maximum atomic E-state index is 12.5. The largest absolute Gasteiger partial charge is 0.357 e. The van der Waals surface area contributed by atoms with Crippen molar-refractivity contribution in [1.82, 2.24) is 20.3 Å². The average molecular weight is 423 g/mol. The normalized spacial score (nSPS) is 11.2. The molecule has 0 spiro atoms. The zero-order valence-electron chi connectivity index (χ0n) is 15.1. The van der Waals surface area contributed by atoms with E-state index in [1.165, 1.54) is 16.5 Å². The number of H-pyrrole nitrogens is 1. The van der Waals surface area contributed by atoms with Crippen LogP contribution in [0.3, 0.4) is 0 Å². The molecule has 0 radical (unpaired) electrons. The standard InChI is InChI=1S/C21H19BrN4O/c1-12-3-5-16(22)20-19(12)15(13(2)26-20)7-8-25-21(27)14-4-6-17-18(11-14)24-10-9-23-17/h3-6,9-11,26H,7-8H2,1-2H3,(H,25,27). The Morgan fingerprint density at radius 2 is 1.89 bits per heavy atom. The van der Waals surface area contributed by atoms with Crippen molar-refractivity contribution in [3.63, 3.8) is 0 Å². The van der Waals surface area contributed by atoms with Crippen molar-refractivity contribution in [3.05, 3.63) is 69.6 Å². The van der Waals surface area contributed by atoms with Crippen LogP contribution >= 0.6 is 15.9 Å². The maximum absolute atomic E-state index is 12.5. The van der Waals surface area contributed by atoms with Gasteiger partial charge in [-0.1, -0.05) is 6.07 Å². The fourth-order valence-corrected chi connectivity index (χ4v) is 3.89. The Labute approximate surface area is 165 Å². The Hall–Kier alpha value is -2.73. The van der Waals surface area contributed by atoms with Gasteiger partial charge in [-0.15, -0.1) is 0 Å². The van der Waals surface area contributed by atoms with Crippen LogP contribution in [0.15, 0.2) is 47.2 Å². The van der Waals surface area contributed by atoms with Crippen molar-refractivity contribution >= 4 is 43.8 Å². The van der Waals surface area contributed by atoms with E-state index in [0.717, 1.165) is 33.1 Å². The van der Waals surface area contributed by atoms with E-state index < -0.39 is 0 Å². The van der Waals surface area contributed by atoms with E-state index in [4.69, 9.17) is 0 Å². The summed E-state index contributed by atoms with van der Waals surface area (Å²) in [5.74, 6) is -0.0991. The highest BCUT2D eigenvalue weighted by Crippen LogP contribution is 2.31. The Bertz CT molecular complexity index is 1170. The van der Waals surface area contributed by atoms with Crippen molar-refractivity contribution < 1.29 is 4.79 Å². The molecular formula is C21H19BrN4O. The van der Waals surface area contributed by atoms with Crippen molar-refractivity contribution in [2.24, 2.45) is 0 Å². The Kier molecular flexibility index (Phi) is 4.66. The summed E-state index contributed by atoms with van der Waals surface area (Å²) >= 11 is 3.61. The molecule has 1 amide bonds. The van der Waals surface area contributed by atoms with E-state index in [0.29, 0.717) is 12.1 Å². The van der Waals surface area contributed by atoms with Gasteiger partial charge in [0.15, 0.2) is 0 Å². The minimum absolute atomic E-state index is 0.0991. The molecule has 4 aromatic rings. The lowest BCUT2D eigenvalue weighted by Gasteiger charge is -2.08. The lowest BCUT2D eigenvalue weighted by atomic mass is 10.0. The van der Waals surface area contributed by atoms with Crippen LogP contribution in [-0.2, 0) is 6.42 Å². The summed E-state index contributed by atoms with van der Waals surface area (Å²) in [5.41, 5.74) is 6.82. The Morgan fingerprint density at radius 1 is 1.11 bits per heavy atom. The third-order valence-corrected chi connectivity index (χ3v) is 5.48. The molecule has 2 heterocycles. The van der Waals surface area contributed by atoms with Crippen LogP contribution in [0.4, 0.5) is 0 Å². The SMILES string of the molecule is Cc1[nH]c2c(Br)ccc(C)c2c1CCNC(=O)c1ccc2nccnc2c1. The summed E-state index contributed by atoms with van der Waals surface area (Å²) < 4.78 is 1.05. The highest BCUT2D eigenvalue weighted by atomic mass is 79.9. The zero-order valence-corrected chi connectivity index (χ0v) is 16.7. The monoisotopic (exact) mass is 422 g/mol. The quantitative estimate of drug-likeness (QED) is 0.509. The molecule has 0 bridgehead atoms. The van der Waals surface area contributed by atoms with E-state index >= 15 is 0 Å². The van der Waals surface area contributed by atoms with Gasteiger partial charge in [0, 0.05) is 40.1 Å². The topological polar surface area (TPSA) is 70.7 Å². The number of aromatic amines is 1. The Morgan fingerprint density at radius 3 is 2.70 bits per heavy atom. The number of rotatable bonds is 4. The summed E-state index contributed by atoms with van der Waals surface area (Å²) in [4.78, 5) is 24.5. The molecule has 6 heteroatoms. The van der Waals surface area contributed by atoms with Crippen LogP contribution in [0.25, 0.3) is 21.9 Å². The molecule has 2 aromatic heterocycles. The Balaban J connectivity index is 1.51. The first-order chi connectivity index (χ1) is 13.0. The molecule has 0 saturated carbocycles. The number of aryl methyl sites for hydroxylation is 2. The van der Waals surface area contributed by atoms with Gasteiger partial charge in [0.05, 0.1) is 16.6 Å². The minimum atomic E-state index is -0.0991. The molecule has 2 N–H and O–H groups in total. The number of nitrogens with zero attached hydrogens (tertiary/aromatic N) is 2. The lowest BCUT2D eigenvalue weighted by Crippen LogP contribution is -2.25. The first-order valence-electron chi connectivity index (χ1n) is 8.80. The van der Waals surface area contributed by atoms with E-state index in [-0.39, 0.29) is 5.91 Å². The van der Waals surface area contributed by atoms with Crippen molar-refractivity contribution in [2.75, 3.05) is 6.54 Å². The molecule has 0 atom stereocenters. The van der Waals surface area contributed by atoms with E-state index in [2.05, 4.69) is 62.2 Å². The molecule has 0 aliphatic rings. The molecule has 0 aliphatic heterocycles. The van der Waals surface area contributed by atoms with Crippen LogP contribution < -0.4 is 5.32 Å². The van der Waals surface area contributed by atoms with Crippen molar-refractivity contribution in [2.45, 2.75) is 20.3 Å². The summed E-state index contributed by atoms with van der Waals surface area (Å²) in [6.07, 6.45) is 4.04. The van der Waals surface area contributed by atoms with Gasteiger partial charge in [-0.3, -0.25) is 14.8 Å². The number of fused-ring (bicyclic) bond motifs is 2. The van der Waals surface area contributed by atoms with Gasteiger partial charge in [-0.25, -0.2) is 0 Å². The summed E-state index contributed by atoms with van der Waals surface area (Å²) in [6, 6.07) is 9.54. The van der Waals surface area contributed by atoms with Crippen LogP contribution in [-0.4, -0.2) is 27.4 Å². The number of carbonyl (C=O) groups is 1. The van der Waals surface area contributed by atoms with Gasteiger partial charge < -0.3 is 10.3 Å². The second-order valence-electron chi connectivity index (χ2n) is 6.61. The average Bonchev–Trinajstić information content (AvgIpc) is 3.02. The number of nitrogens with one attached hydrogen (secondary N) is 2. The van der Waals surface area contributed by atoms with Crippen molar-refractivity contribution in [3.8, 4) is 0 Å². The molecule has 0 unspecified atom stereocenters.